The second-order valence-corrected chi connectivity index (χ2v) is 5.64. The molecule has 6 heteroatoms. The Hall–Kier alpha value is -1.82. The average molecular weight is 304 g/mol. The van der Waals surface area contributed by atoms with E-state index in [1.165, 1.54) is 11.8 Å². The van der Waals surface area contributed by atoms with Gasteiger partial charge >= 0.3 is 0 Å². The van der Waals surface area contributed by atoms with Crippen molar-refractivity contribution in [2.24, 2.45) is 0 Å². The summed E-state index contributed by atoms with van der Waals surface area (Å²) < 4.78 is 1.92. The molecule has 0 aliphatic rings. The third-order valence-electron chi connectivity index (χ3n) is 3.26. The first-order chi connectivity index (χ1) is 10.2. The lowest BCUT2D eigenvalue weighted by Crippen LogP contribution is -2.16. The molecule has 0 saturated carbocycles. The lowest BCUT2D eigenvalue weighted by atomic mass is 10.1. The highest BCUT2D eigenvalue weighted by atomic mass is 32.2. The maximum absolute atomic E-state index is 12.1. The molecule has 2 rings (SSSR count). The number of anilines is 1. The highest BCUT2D eigenvalue weighted by molar-refractivity contribution is 7.99. The van der Waals surface area contributed by atoms with Crippen molar-refractivity contribution in [1.82, 2.24) is 14.8 Å². The van der Waals surface area contributed by atoms with Gasteiger partial charge < -0.3 is 9.88 Å². The van der Waals surface area contributed by atoms with Crippen LogP contribution in [0.1, 0.15) is 25.0 Å². The normalized spacial score (nSPS) is 10.6. The van der Waals surface area contributed by atoms with Gasteiger partial charge in [0.2, 0.25) is 5.91 Å². The summed E-state index contributed by atoms with van der Waals surface area (Å²) in [5.74, 6) is 0.311. The molecule has 5 nitrogen and oxygen atoms in total. The summed E-state index contributed by atoms with van der Waals surface area (Å²) in [6.07, 6.45) is 2.57. The van der Waals surface area contributed by atoms with E-state index in [1.807, 2.05) is 36.6 Å². The van der Waals surface area contributed by atoms with Gasteiger partial charge in [-0.1, -0.05) is 36.9 Å². The monoisotopic (exact) mass is 304 g/mol. The van der Waals surface area contributed by atoms with Crippen LogP contribution in [-0.2, 0) is 17.8 Å². The van der Waals surface area contributed by atoms with Crippen molar-refractivity contribution >= 4 is 23.4 Å². The molecule has 1 aromatic carbocycles. The highest BCUT2D eigenvalue weighted by Crippen LogP contribution is 2.22. The quantitative estimate of drug-likeness (QED) is 0.834. The van der Waals surface area contributed by atoms with Gasteiger partial charge in [-0.15, -0.1) is 10.2 Å². The summed E-state index contributed by atoms with van der Waals surface area (Å²) in [6.45, 7) is 6.92. The number of rotatable bonds is 6. The van der Waals surface area contributed by atoms with Gasteiger partial charge in [-0.25, -0.2) is 0 Å². The Bertz CT molecular complexity index is 624. The fraction of sp³-hybridized carbons (Fsp3) is 0.400. The zero-order chi connectivity index (χ0) is 15.2. The van der Waals surface area contributed by atoms with Crippen molar-refractivity contribution in [3.63, 3.8) is 0 Å². The topological polar surface area (TPSA) is 59.8 Å². The minimum Gasteiger partial charge on any atom is -0.325 e. The molecule has 1 heterocycles. The van der Waals surface area contributed by atoms with E-state index < -0.39 is 0 Å². The van der Waals surface area contributed by atoms with Crippen LogP contribution >= 0.6 is 11.8 Å². The summed E-state index contributed by atoms with van der Waals surface area (Å²) in [4.78, 5) is 12.1. The van der Waals surface area contributed by atoms with Crippen molar-refractivity contribution in [3.05, 3.63) is 35.7 Å². The third-order valence-corrected chi connectivity index (χ3v) is 4.24. The van der Waals surface area contributed by atoms with Gasteiger partial charge in [0.25, 0.3) is 0 Å². The average Bonchev–Trinajstić information content (AvgIpc) is 2.94. The molecule has 1 N–H and O–H groups in total. The van der Waals surface area contributed by atoms with Gasteiger partial charge in [0.05, 0.1) is 5.75 Å². The molecule has 21 heavy (non-hydrogen) atoms. The van der Waals surface area contributed by atoms with Crippen LogP contribution in [0.3, 0.4) is 0 Å². The number of aryl methyl sites for hydroxylation is 3. The first-order valence-electron chi connectivity index (χ1n) is 7.04. The largest absolute Gasteiger partial charge is 0.325 e. The van der Waals surface area contributed by atoms with Gasteiger partial charge in [-0.05, 0) is 31.4 Å². The number of hydrogen-bond acceptors (Lipinski definition) is 4. The molecule has 0 unspecified atom stereocenters. The second-order valence-electron chi connectivity index (χ2n) is 4.70. The van der Waals surface area contributed by atoms with Crippen LogP contribution in [0.5, 0.6) is 0 Å². The SMILES string of the molecule is CCc1cccc(C)c1NC(=O)CSc1nncn1CC. The molecule has 0 saturated heterocycles. The highest BCUT2D eigenvalue weighted by Gasteiger charge is 2.11. The Balaban J connectivity index is 1.99. The number of thioether (sulfide) groups is 1. The summed E-state index contributed by atoms with van der Waals surface area (Å²) in [5.41, 5.74) is 3.18. The first-order valence-corrected chi connectivity index (χ1v) is 8.03. The van der Waals surface area contributed by atoms with E-state index in [0.717, 1.165) is 34.9 Å². The van der Waals surface area contributed by atoms with Gasteiger partial charge in [-0.2, -0.15) is 0 Å². The lowest BCUT2D eigenvalue weighted by Gasteiger charge is -2.12. The molecule has 0 atom stereocenters. The Morgan fingerprint density at radius 1 is 1.38 bits per heavy atom. The molecule has 1 amide bonds. The van der Waals surface area contributed by atoms with Crippen LogP contribution in [0.15, 0.2) is 29.7 Å². The van der Waals surface area contributed by atoms with E-state index in [2.05, 4.69) is 22.4 Å². The van der Waals surface area contributed by atoms with E-state index in [9.17, 15) is 4.79 Å². The van der Waals surface area contributed by atoms with Gasteiger partial charge in [0, 0.05) is 12.2 Å². The van der Waals surface area contributed by atoms with Crippen LogP contribution < -0.4 is 5.32 Å². The van der Waals surface area contributed by atoms with E-state index in [4.69, 9.17) is 0 Å². The molecule has 2 aromatic rings. The number of nitrogens with one attached hydrogen (secondary N) is 1. The minimum absolute atomic E-state index is 0.0188. The molecule has 0 aliphatic heterocycles. The summed E-state index contributed by atoms with van der Waals surface area (Å²) in [5, 5.41) is 11.7. The molecule has 112 valence electrons. The maximum atomic E-state index is 12.1. The molecule has 1 aromatic heterocycles. The van der Waals surface area contributed by atoms with Crippen molar-refractivity contribution in [1.29, 1.82) is 0 Å². The number of nitrogens with zero attached hydrogens (tertiary/aromatic N) is 3. The van der Waals surface area contributed by atoms with E-state index in [1.54, 1.807) is 6.33 Å². The number of hydrogen-bond donors (Lipinski definition) is 1. The number of benzene rings is 1. The van der Waals surface area contributed by atoms with Crippen LogP contribution in [0.2, 0.25) is 0 Å². The molecule has 0 bridgehead atoms. The Morgan fingerprint density at radius 2 is 2.19 bits per heavy atom. The van der Waals surface area contributed by atoms with E-state index in [0.29, 0.717) is 5.75 Å². The van der Waals surface area contributed by atoms with Crippen LogP contribution in [0, 0.1) is 6.92 Å². The fourth-order valence-electron chi connectivity index (χ4n) is 2.08. The predicted molar refractivity (Wildman–Crippen MR) is 85.6 cm³/mol. The maximum Gasteiger partial charge on any atom is 0.234 e. The van der Waals surface area contributed by atoms with Crippen molar-refractivity contribution in [3.8, 4) is 0 Å². The van der Waals surface area contributed by atoms with Crippen LogP contribution in [0.25, 0.3) is 0 Å². The third kappa shape index (κ3) is 3.85. The minimum atomic E-state index is -0.0188. The van der Waals surface area contributed by atoms with Gasteiger partial charge in [0.15, 0.2) is 5.16 Å². The number of amides is 1. The Kier molecular flexibility index (Phi) is 5.38. The molecular formula is C15H20N4OS. The molecule has 0 radical (unpaired) electrons. The van der Waals surface area contributed by atoms with E-state index in [-0.39, 0.29) is 5.91 Å². The van der Waals surface area contributed by atoms with Crippen molar-refractivity contribution < 1.29 is 4.79 Å². The zero-order valence-electron chi connectivity index (χ0n) is 12.6. The van der Waals surface area contributed by atoms with E-state index >= 15 is 0 Å². The van der Waals surface area contributed by atoms with Crippen molar-refractivity contribution in [2.45, 2.75) is 38.9 Å². The Morgan fingerprint density at radius 3 is 2.90 bits per heavy atom. The first kappa shape index (κ1) is 15.6. The van der Waals surface area contributed by atoms with Crippen LogP contribution in [0.4, 0.5) is 5.69 Å². The number of para-hydroxylation sites is 1. The van der Waals surface area contributed by atoms with Crippen molar-refractivity contribution in [2.75, 3.05) is 11.1 Å². The fourth-order valence-corrected chi connectivity index (χ4v) is 2.86. The molecule has 0 spiro atoms. The molecule has 0 fully saturated rings. The summed E-state index contributed by atoms with van der Waals surface area (Å²) in [6, 6.07) is 6.07. The number of carbonyl (C=O) groups is 1. The lowest BCUT2D eigenvalue weighted by molar-refractivity contribution is -0.113. The van der Waals surface area contributed by atoms with Crippen LogP contribution in [-0.4, -0.2) is 26.4 Å². The number of aromatic nitrogens is 3. The Labute approximate surface area is 129 Å². The molecular weight excluding hydrogens is 284 g/mol. The summed E-state index contributed by atoms with van der Waals surface area (Å²) >= 11 is 1.40. The summed E-state index contributed by atoms with van der Waals surface area (Å²) in [7, 11) is 0. The zero-order valence-corrected chi connectivity index (χ0v) is 13.4. The van der Waals surface area contributed by atoms with Gasteiger partial charge in [0.1, 0.15) is 6.33 Å². The standard InChI is InChI=1S/C15H20N4OS/c1-4-12-8-6-7-11(3)14(12)17-13(20)9-21-15-18-16-10-19(15)5-2/h6-8,10H,4-5,9H2,1-3H3,(H,17,20). The smallest absolute Gasteiger partial charge is 0.234 e. The predicted octanol–water partition coefficient (Wildman–Crippen LogP) is 2.90. The second kappa shape index (κ2) is 7.26. The van der Waals surface area contributed by atoms with Gasteiger partial charge in [-0.3, -0.25) is 4.79 Å². The molecule has 0 aliphatic carbocycles. The number of carbonyl (C=O) groups excluding carboxylic acids is 1.